The number of ether oxygens (including phenoxy) is 1. The van der Waals surface area contributed by atoms with Gasteiger partial charge in [0.15, 0.2) is 11.5 Å². The summed E-state index contributed by atoms with van der Waals surface area (Å²) in [5.74, 6) is 1.36. The number of likely N-dealkylation sites (tertiary alicyclic amines) is 1. The van der Waals surface area contributed by atoms with Gasteiger partial charge in [-0.1, -0.05) is 18.2 Å². The third-order valence-corrected chi connectivity index (χ3v) is 4.44. The van der Waals surface area contributed by atoms with Crippen molar-refractivity contribution in [3.63, 3.8) is 0 Å². The molecule has 1 saturated heterocycles. The first-order valence-corrected chi connectivity index (χ1v) is 8.16. The van der Waals surface area contributed by atoms with Gasteiger partial charge in [-0.3, -0.25) is 4.79 Å². The number of nitrogens with two attached hydrogens (primary N) is 1. The quantitative estimate of drug-likeness (QED) is 0.931. The minimum absolute atomic E-state index is 0.134. The van der Waals surface area contributed by atoms with Gasteiger partial charge in [0.2, 0.25) is 0 Å². The van der Waals surface area contributed by atoms with Crippen LogP contribution in [0.2, 0.25) is 0 Å². The van der Waals surface area contributed by atoms with Crippen LogP contribution in [0, 0.1) is 5.92 Å². The number of carbonyl (C=O) groups is 1. The van der Waals surface area contributed by atoms with E-state index in [1.165, 1.54) is 18.0 Å². The number of hydrogen-bond donors (Lipinski definition) is 1. The van der Waals surface area contributed by atoms with Crippen molar-refractivity contribution in [3.05, 3.63) is 47.9 Å². The van der Waals surface area contributed by atoms with Gasteiger partial charge in [-0.25, -0.2) is 9.97 Å². The van der Waals surface area contributed by atoms with E-state index >= 15 is 0 Å². The monoisotopic (exact) mass is 326 g/mol. The van der Waals surface area contributed by atoms with Gasteiger partial charge < -0.3 is 15.4 Å². The maximum atomic E-state index is 12.7. The van der Waals surface area contributed by atoms with E-state index in [2.05, 4.69) is 16.0 Å². The van der Waals surface area contributed by atoms with Crippen LogP contribution in [-0.4, -0.2) is 41.0 Å². The Hall–Kier alpha value is -2.63. The van der Waals surface area contributed by atoms with E-state index < -0.39 is 0 Å². The highest BCUT2D eigenvalue weighted by Gasteiger charge is 2.27. The first kappa shape index (κ1) is 16.2. The molecule has 3 rings (SSSR count). The number of piperidine rings is 1. The Morgan fingerprint density at radius 1 is 1.33 bits per heavy atom. The van der Waals surface area contributed by atoms with E-state index in [1.807, 2.05) is 23.1 Å². The number of anilines is 1. The summed E-state index contributed by atoms with van der Waals surface area (Å²) in [6.07, 6.45) is 5.96. The Balaban J connectivity index is 1.70. The molecule has 1 aromatic heterocycles. The Labute approximate surface area is 141 Å². The third-order valence-electron chi connectivity index (χ3n) is 4.44. The molecule has 0 spiro atoms. The van der Waals surface area contributed by atoms with Gasteiger partial charge >= 0.3 is 0 Å². The van der Waals surface area contributed by atoms with Gasteiger partial charge in [-0.15, -0.1) is 0 Å². The maximum absolute atomic E-state index is 12.7. The second kappa shape index (κ2) is 7.29. The molecule has 2 N–H and O–H groups in total. The van der Waals surface area contributed by atoms with E-state index in [1.54, 1.807) is 7.11 Å². The average Bonchev–Trinajstić information content (AvgIpc) is 2.62. The fraction of sp³-hybridized carbons (Fsp3) is 0.389. The van der Waals surface area contributed by atoms with E-state index in [-0.39, 0.29) is 17.4 Å². The highest BCUT2D eigenvalue weighted by molar-refractivity contribution is 5.96. The van der Waals surface area contributed by atoms with Crippen molar-refractivity contribution in [2.45, 2.75) is 19.3 Å². The Bertz CT molecular complexity index is 720. The summed E-state index contributed by atoms with van der Waals surface area (Å²) in [5, 5.41) is 0. The third kappa shape index (κ3) is 3.48. The lowest BCUT2D eigenvalue weighted by atomic mass is 9.90. The number of nitrogens with zero attached hydrogens (tertiary/aromatic N) is 3. The van der Waals surface area contributed by atoms with E-state index in [4.69, 9.17) is 10.5 Å². The molecule has 1 aromatic carbocycles. The molecule has 1 amide bonds. The van der Waals surface area contributed by atoms with Gasteiger partial charge in [-0.2, -0.15) is 0 Å². The van der Waals surface area contributed by atoms with Crippen molar-refractivity contribution in [3.8, 4) is 5.75 Å². The van der Waals surface area contributed by atoms with Crippen molar-refractivity contribution >= 4 is 11.7 Å². The SMILES string of the molecule is COc1ccccc1CC1CCCN(C(=O)c2nccnc2N)C1. The Morgan fingerprint density at radius 3 is 2.92 bits per heavy atom. The molecular weight excluding hydrogens is 304 g/mol. The van der Waals surface area contributed by atoms with Crippen molar-refractivity contribution < 1.29 is 9.53 Å². The summed E-state index contributed by atoms with van der Waals surface area (Å²) in [5.41, 5.74) is 7.21. The zero-order valence-electron chi connectivity index (χ0n) is 13.8. The molecule has 1 atom stereocenters. The number of methoxy groups -OCH3 is 1. The van der Waals surface area contributed by atoms with Crippen LogP contribution >= 0.6 is 0 Å². The largest absolute Gasteiger partial charge is 0.496 e. The van der Waals surface area contributed by atoms with Crippen LogP contribution in [0.1, 0.15) is 28.9 Å². The lowest BCUT2D eigenvalue weighted by Crippen LogP contribution is -2.41. The number of amides is 1. The lowest BCUT2D eigenvalue weighted by Gasteiger charge is -2.33. The fourth-order valence-electron chi connectivity index (χ4n) is 3.26. The molecule has 1 fully saturated rings. The number of nitrogen functional groups attached to an aromatic ring is 1. The van der Waals surface area contributed by atoms with Gasteiger partial charge in [0, 0.05) is 25.5 Å². The molecular formula is C18H22N4O2. The molecule has 2 aromatic rings. The van der Waals surface area contributed by atoms with Gasteiger partial charge in [0.05, 0.1) is 7.11 Å². The number of para-hydroxylation sites is 1. The van der Waals surface area contributed by atoms with Crippen LogP contribution in [0.3, 0.4) is 0 Å². The van der Waals surface area contributed by atoms with E-state index in [9.17, 15) is 4.79 Å². The van der Waals surface area contributed by atoms with Gasteiger partial charge in [-0.05, 0) is 36.8 Å². The van der Waals surface area contributed by atoms with Crippen LogP contribution in [0.25, 0.3) is 0 Å². The Morgan fingerprint density at radius 2 is 2.12 bits per heavy atom. The topological polar surface area (TPSA) is 81.3 Å². The summed E-state index contributed by atoms with van der Waals surface area (Å²) < 4.78 is 5.43. The van der Waals surface area contributed by atoms with Crippen LogP contribution in [0.4, 0.5) is 5.82 Å². The molecule has 6 nitrogen and oxygen atoms in total. The normalized spacial score (nSPS) is 17.5. The highest BCUT2D eigenvalue weighted by Crippen LogP contribution is 2.26. The number of hydrogen-bond acceptors (Lipinski definition) is 5. The molecule has 1 aliphatic rings. The first-order valence-electron chi connectivity index (χ1n) is 8.16. The fourth-order valence-corrected chi connectivity index (χ4v) is 3.26. The molecule has 6 heteroatoms. The van der Waals surface area contributed by atoms with Gasteiger partial charge in [0.25, 0.3) is 5.91 Å². The maximum Gasteiger partial charge on any atom is 0.276 e. The van der Waals surface area contributed by atoms with E-state index in [0.717, 1.165) is 31.6 Å². The number of carbonyl (C=O) groups excluding carboxylic acids is 1. The molecule has 1 unspecified atom stereocenters. The zero-order chi connectivity index (χ0) is 16.9. The summed E-state index contributed by atoms with van der Waals surface area (Å²) in [6, 6.07) is 8.04. The predicted octanol–water partition coefficient (Wildman–Crippen LogP) is 2.16. The molecule has 0 bridgehead atoms. The van der Waals surface area contributed by atoms with Crippen molar-refractivity contribution in [2.75, 3.05) is 25.9 Å². The molecule has 0 saturated carbocycles. The van der Waals surface area contributed by atoms with Crippen LogP contribution < -0.4 is 10.5 Å². The second-order valence-corrected chi connectivity index (χ2v) is 6.07. The molecule has 1 aliphatic heterocycles. The van der Waals surface area contributed by atoms with Gasteiger partial charge in [0.1, 0.15) is 5.75 Å². The zero-order valence-corrected chi connectivity index (χ0v) is 13.8. The van der Waals surface area contributed by atoms with Crippen molar-refractivity contribution in [1.82, 2.24) is 14.9 Å². The van der Waals surface area contributed by atoms with Crippen LogP contribution in [-0.2, 0) is 6.42 Å². The van der Waals surface area contributed by atoms with Crippen molar-refractivity contribution in [2.24, 2.45) is 5.92 Å². The summed E-state index contributed by atoms with van der Waals surface area (Å²) in [7, 11) is 1.69. The molecule has 24 heavy (non-hydrogen) atoms. The predicted molar refractivity (Wildman–Crippen MR) is 91.8 cm³/mol. The van der Waals surface area contributed by atoms with E-state index in [0.29, 0.717) is 12.5 Å². The minimum atomic E-state index is -0.134. The lowest BCUT2D eigenvalue weighted by molar-refractivity contribution is 0.0668. The Kier molecular flexibility index (Phi) is 4.93. The molecule has 2 heterocycles. The minimum Gasteiger partial charge on any atom is -0.496 e. The van der Waals surface area contributed by atoms with Crippen LogP contribution in [0.5, 0.6) is 5.75 Å². The van der Waals surface area contributed by atoms with Crippen molar-refractivity contribution in [1.29, 1.82) is 0 Å². The summed E-state index contributed by atoms with van der Waals surface area (Å²) in [4.78, 5) is 22.5. The second-order valence-electron chi connectivity index (χ2n) is 6.07. The standard InChI is InChI=1S/C18H22N4O2/c1-24-15-7-3-2-6-14(15)11-13-5-4-10-22(12-13)18(23)16-17(19)21-9-8-20-16/h2-3,6-9,13H,4-5,10-12H2,1H3,(H2,19,21). The summed E-state index contributed by atoms with van der Waals surface area (Å²) >= 11 is 0. The average molecular weight is 326 g/mol. The summed E-state index contributed by atoms with van der Waals surface area (Å²) in [6.45, 7) is 1.43. The molecule has 126 valence electrons. The highest BCUT2D eigenvalue weighted by atomic mass is 16.5. The number of aromatic nitrogens is 2. The number of rotatable bonds is 4. The molecule has 0 aliphatic carbocycles. The molecule has 0 radical (unpaired) electrons. The smallest absolute Gasteiger partial charge is 0.276 e. The first-order chi connectivity index (χ1) is 11.7. The van der Waals surface area contributed by atoms with Crippen LogP contribution in [0.15, 0.2) is 36.7 Å². The number of benzene rings is 1.